The predicted molar refractivity (Wildman–Crippen MR) is 108 cm³/mol. The molecule has 0 bridgehead atoms. The summed E-state index contributed by atoms with van der Waals surface area (Å²) in [5.41, 5.74) is 1.28. The van der Waals surface area contributed by atoms with Gasteiger partial charge in [0.25, 0.3) is 5.91 Å². The molecule has 152 valence electrons. The minimum atomic E-state index is -0.706. The number of carbonyl (C=O) groups is 3. The van der Waals surface area contributed by atoms with Crippen molar-refractivity contribution in [2.24, 2.45) is 0 Å². The van der Waals surface area contributed by atoms with Crippen LogP contribution in [-0.2, 0) is 14.3 Å². The molecule has 2 aromatic heterocycles. The van der Waals surface area contributed by atoms with Gasteiger partial charge in [-0.2, -0.15) is 5.26 Å². The van der Waals surface area contributed by atoms with Gasteiger partial charge in [-0.3, -0.25) is 4.79 Å². The van der Waals surface area contributed by atoms with E-state index >= 15 is 0 Å². The maximum atomic E-state index is 12.4. The van der Waals surface area contributed by atoms with E-state index in [1.54, 1.807) is 24.4 Å². The monoisotopic (exact) mass is 424 g/mol. The molecule has 9 heteroatoms. The molecule has 0 aliphatic carbocycles. The van der Waals surface area contributed by atoms with Crippen molar-refractivity contribution in [3.63, 3.8) is 0 Å². The van der Waals surface area contributed by atoms with Crippen LogP contribution in [0.1, 0.15) is 33.2 Å². The Morgan fingerprint density at radius 3 is 2.53 bits per heavy atom. The lowest BCUT2D eigenvalue weighted by atomic mass is 10.1. The quantitative estimate of drug-likeness (QED) is 0.572. The summed E-state index contributed by atoms with van der Waals surface area (Å²) in [6, 6.07) is 11.1. The van der Waals surface area contributed by atoms with Gasteiger partial charge in [-0.15, -0.1) is 11.3 Å². The number of ether oxygens (including phenoxy) is 2. The van der Waals surface area contributed by atoms with Crippen LogP contribution < -0.4 is 5.32 Å². The number of nitrogens with one attached hydrogen (secondary N) is 1. The molecule has 0 aliphatic rings. The lowest BCUT2D eigenvalue weighted by Crippen LogP contribution is -2.21. The van der Waals surface area contributed by atoms with E-state index in [1.807, 2.05) is 6.07 Å². The molecular formula is C21H16N2O6S. The molecule has 1 N–H and O–H groups in total. The number of hydrogen-bond donors (Lipinski definition) is 1. The topological polar surface area (TPSA) is 119 Å². The molecule has 1 aromatic carbocycles. The first-order valence-electron chi connectivity index (χ1n) is 8.83. The summed E-state index contributed by atoms with van der Waals surface area (Å²) in [4.78, 5) is 36.7. The number of rotatable bonds is 7. The Bertz CT molecular complexity index is 1090. The minimum absolute atomic E-state index is 0.169. The van der Waals surface area contributed by atoms with Crippen LogP contribution in [0.2, 0.25) is 0 Å². The summed E-state index contributed by atoms with van der Waals surface area (Å²) in [5, 5.41) is 13.3. The molecule has 0 saturated carbocycles. The van der Waals surface area contributed by atoms with Crippen molar-refractivity contribution < 1.29 is 28.3 Å². The van der Waals surface area contributed by atoms with E-state index < -0.39 is 24.5 Å². The molecule has 0 atom stereocenters. The molecule has 1 amide bonds. The third-order valence-corrected chi connectivity index (χ3v) is 4.79. The number of nitriles is 1. The van der Waals surface area contributed by atoms with Crippen molar-refractivity contribution >= 4 is 34.2 Å². The molecule has 8 nitrogen and oxygen atoms in total. The van der Waals surface area contributed by atoms with Gasteiger partial charge in [-0.1, -0.05) is 0 Å². The Hall–Kier alpha value is -3.90. The number of esters is 2. The first-order chi connectivity index (χ1) is 14.5. The van der Waals surface area contributed by atoms with Crippen molar-refractivity contribution in [3.05, 3.63) is 64.7 Å². The number of benzene rings is 1. The number of furan rings is 1. The van der Waals surface area contributed by atoms with E-state index in [-0.39, 0.29) is 22.7 Å². The lowest BCUT2D eigenvalue weighted by molar-refractivity contribution is -0.119. The highest BCUT2D eigenvalue weighted by Crippen LogP contribution is 2.36. The fourth-order valence-corrected chi connectivity index (χ4v) is 3.48. The SMILES string of the molecule is CCOC(=O)c1c(-c2ccco2)csc1NC(=O)COC(=O)c1ccc(C#N)cc1. The van der Waals surface area contributed by atoms with E-state index in [0.29, 0.717) is 16.9 Å². The predicted octanol–water partition coefficient (Wildman–Crippen LogP) is 3.85. The van der Waals surface area contributed by atoms with Crippen molar-refractivity contribution in [1.29, 1.82) is 5.26 Å². The molecule has 0 fully saturated rings. The lowest BCUT2D eigenvalue weighted by Gasteiger charge is -2.08. The van der Waals surface area contributed by atoms with Gasteiger partial charge in [0.1, 0.15) is 16.3 Å². The van der Waals surface area contributed by atoms with Crippen LogP contribution in [0.4, 0.5) is 5.00 Å². The van der Waals surface area contributed by atoms with Gasteiger partial charge in [-0.05, 0) is 43.3 Å². The smallest absolute Gasteiger partial charge is 0.341 e. The van der Waals surface area contributed by atoms with E-state index in [1.165, 1.54) is 30.5 Å². The van der Waals surface area contributed by atoms with Gasteiger partial charge in [0.15, 0.2) is 6.61 Å². The summed E-state index contributed by atoms with van der Waals surface area (Å²) in [6.07, 6.45) is 1.47. The molecule has 3 rings (SSSR count). The maximum absolute atomic E-state index is 12.4. The summed E-state index contributed by atoms with van der Waals surface area (Å²) in [7, 11) is 0. The zero-order valence-corrected chi connectivity index (χ0v) is 16.7. The van der Waals surface area contributed by atoms with Crippen LogP contribution in [0, 0.1) is 11.3 Å². The van der Waals surface area contributed by atoms with Crippen LogP contribution in [0.5, 0.6) is 0 Å². The van der Waals surface area contributed by atoms with Crippen molar-refractivity contribution in [2.45, 2.75) is 6.92 Å². The Morgan fingerprint density at radius 2 is 1.90 bits per heavy atom. The molecule has 30 heavy (non-hydrogen) atoms. The Balaban J connectivity index is 1.69. The standard InChI is InChI=1S/C21H16N2O6S/c1-2-27-21(26)18-15(16-4-3-9-28-16)12-30-19(18)23-17(24)11-29-20(25)14-7-5-13(10-22)6-8-14/h3-9,12H,2,11H2,1H3,(H,23,24). The maximum Gasteiger partial charge on any atom is 0.341 e. The van der Waals surface area contributed by atoms with E-state index in [0.717, 1.165) is 11.3 Å². The second-order valence-electron chi connectivity index (χ2n) is 5.86. The molecule has 0 saturated heterocycles. The second-order valence-corrected chi connectivity index (χ2v) is 6.74. The fourth-order valence-electron chi connectivity index (χ4n) is 2.53. The van der Waals surface area contributed by atoms with Gasteiger partial charge < -0.3 is 19.2 Å². The van der Waals surface area contributed by atoms with Gasteiger partial charge in [0.05, 0.1) is 30.1 Å². The number of carbonyl (C=O) groups excluding carboxylic acids is 3. The summed E-state index contributed by atoms with van der Waals surface area (Å²) in [5.74, 6) is -1.46. The largest absolute Gasteiger partial charge is 0.464 e. The van der Waals surface area contributed by atoms with Crippen molar-refractivity contribution in [1.82, 2.24) is 0 Å². The molecular weight excluding hydrogens is 408 g/mol. The van der Waals surface area contributed by atoms with Crippen LogP contribution in [0.3, 0.4) is 0 Å². The van der Waals surface area contributed by atoms with Gasteiger partial charge >= 0.3 is 11.9 Å². The van der Waals surface area contributed by atoms with E-state index in [9.17, 15) is 14.4 Å². The van der Waals surface area contributed by atoms with Crippen LogP contribution >= 0.6 is 11.3 Å². The zero-order chi connectivity index (χ0) is 21.5. The molecule has 0 spiro atoms. The Kier molecular flexibility index (Phi) is 6.62. The Morgan fingerprint density at radius 1 is 1.13 bits per heavy atom. The first kappa shape index (κ1) is 20.8. The van der Waals surface area contributed by atoms with Crippen molar-refractivity contribution in [2.75, 3.05) is 18.5 Å². The Labute approximate surface area is 175 Å². The normalized spacial score (nSPS) is 10.1. The molecule has 0 unspecified atom stereocenters. The summed E-state index contributed by atoms with van der Waals surface area (Å²) >= 11 is 1.13. The summed E-state index contributed by atoms with van der Waals surface area (Å²) < 4.78 is 15.4. The third-order valence-electron chi connectivity index (χ3n) is 3.89. The first-order valence-corrected chi connectivity index (χ1v) is 9.71. The van der Waals surface area contributed by atoms with Crippen molar-refractivity contribution in [3.8, 4) is 17.4 Å². The summed E-state index contributed by atoms with van der Waals surface area (Å²) in [6.45, 7) is 1.30. The highest BCUT2D eigenvalue weighted by molar-refractivity contribution is 7.15. The van der Waals surface area contributed by atoms with Gasteiger partial charge in [0, 0.05) is 10.9 Å². The van der Waals surface area contributed by atoms with Crippen LogP contribution in [0.25, 0.3) is 11.3 Å². The molecule has 0 aliphatic heterocycles. The second kappa shape index (κ2) is 9.54. The zero-order valence-electron chi connectivity index (χ0n) is 15.8. The average molecular weight is 424 g/mol. The number of hydrogen-bond acceptors (Lipinski definition) is 8. The minimum Gasteiger partial charge on any atom is -0.464 e. The fraction of sp³-hybridized carbons (Fsp3) is 0.143. The highest BCUT2D eigenvalue weighted by Gasteiger charge is 2.24. The van der Waals surface area contributed by atoms with Crippen LogP contribution in [-0.4, -0.2) is 31.1 Å². The number of anilines is 1. The molecule has 3 aromatic rings. The van der Waals surface area contributed by atoms with Gasteiger partial charge in [0.2, 0.25) is 0 Å². The number of amides is 1. The van der Waals surface area contributed by atoms with Crippen LogP contribution in [0.15, 0.2) is 52.5 Å². The molecule has 0 radical (unpaired) electrons. The third kappa shape index (κ3) is 4.74. The number of nitrogens with zero attached hydrogens (tertiary/aromatic N) is 1. The average Bonchev–Trinajstić information content (AvgIpc) is 3.42. The molecule has 2 heterocycles. The number of thiophene rings is 1. The van der Waals surface area contributed by atoms with E-state index in [2.05, 4.69) is 5.32 Å². The van der Waals surface area contributed by atoms with E-state index in [4.69, 9.17) is 19.2 Å². The highest BCUT2D eigenvalue weighted by atomic mass is 32.1. The van der Waals surface area contributed by atoms with Gasteiger partial charge in [-0.25, -0.2) is 9.59 Å².